The average molecular weight is 639 g/mol. The van der Waals surface area contributed by atoms with E-state index < -0.39 is 17.1 Å². The summed E-state index contributed by atoms with van der Waals surface area (Å²) in [5.74, 6) is -1.12. The second-order valence-electron chi connectivity index (χ2n) is 9.04. The van der Waals surface area contributed by atoms with Gasteiger partial charge < -0.3 is 16.0 Å². The highest BCUT2D eigenvalue weighted by Crippen LogP contribution is 2.30. The van der Waals surface area contributed by atoms with Crippen molar-refractivity contribution in [3.63, 3.8) is 0 Å². The number of hydrogen-bond donors (Lipinski definition) is 3. The average Bonchev–Trinajstić information content (AvgIpc) is 2.99. The number of carbonyl (C=O) groups excluding carboxylic acids is 3. The number of anilines is 2. The third-order valence-electron chi connectivity index (χ3n) is 5.93. The Hall–Kier alpha value is -3.75. The van der Waals surface area contributed by atoms with Crippen molar-refractivity contribution in [1.82, 2.24) is 5.32 Å². The first-order valence-corrected chi connectivity index (χ1v) is 14.9. The van der Waals surface area contributed by atoms with Gasteiger partial charge in [0.25, 0.3) is 11.8 Å². The molecule has 214 valence electrons. The predicted octanol–water partition coefficient (Wildman–Crippen LogP) is 8.57. The number of halogens is 3. The summed E-state index contributed by atoms with van der Waals surface area (Å²) in [7, 11) is 0. The summed E-state index contributed by atoms with van der Waals surface area (Å²) in [4.78, 5) is 40.0. The standard InChI is InChI=1S/C32H26Cl3N3O3S/c1-2-29(32(41)37-24-15-16-26(34)27(35)19-24)42-25-10-6-9-23(18-25)36-31(40)28(17-20-11-13-22(33)14-12-20)38-30(39)21-7-4-3-5-8-21/h3-19,29H,2H2,1H3,(H,36,40)(H,37,41)(H,38,39)/b28-17-. The molecule has 6 nitrogen and oxygen atoms in total. The third-order valence-corrected chi connectivity index (χ3v) is 8.28. The summed E-state index contributed by atoms with van der Waals surface area (Å²) < 4.78 is 0. The molecule has 0 aliphatic carbocycles. The van der Waals surface area contributed by atoms with Gasteiger partial charge in [0.15, 0.2) is 0 Å². The second kappa shape index (κ2) is 14.9. The van der Waals surface area contributed by atoms with Crippen LogP contribution in [0.5, 0.6) is 0 Å². The molecule has 0 spiro atoms. The SMILES string of the molecule is CCC(Sc1cccc(NC(=O)/C(=C/c2ccc(Cl)cc2)NC(=O)c2ccccc2)c1)C(=O)Nc1ccc(Cl)c(Cl)c1. The maximum Gasteiger partial charge on any atom is 0.272 e. The molecule has 0 aliphatic rings. The molecule has 0 radical (unpaired) electrons. The predicted molar refractivity (Wildman–Crippen MR) is 173 cm³/mol. The fourth-order valence-electron chi connectivity index (χ4n) is 3.80. The quantitative estimate of drug-likeness (QED) is 0.120. The van der Waals surface area contributed by atoms with Crippen LogP contribution in [0.4, 0.5) is 11.4 Å². The molecule has 4 aromatic rings. The van der Waals surface area contributed by atoms with Gasteiger partial charge in [-0.2, -0.15) is 0 Å². The highest BCUT2D eigenvalue weighted by molar-refractivity contribution is 8.00. The fraction of sp³-hybridized carbons (Fsp3) is 0.0938. The van der Waals surface area contributed by atoms with E-state index in [4.69, 9.17) is 34.8 Å². The molecule has 0 saturated heterocycles. The van der Waals surface area contributed by atoms with Crippen molar-refractivity contribution in [2.45, 2.75) is 23.5 Å². The van der Waals surface area contributed by atoms with Gasteiger partial charge in [0.1, 0.15) is 5.70 Å². The molecular weight excluding hydrogens is 613 g/mol. The van der Waals surface area contributed by atoms with E-state index in [1.54, 1.807) is 97.1 Å². The lowest BCUT2D eigenvalue weighted by molar-refractivity contribution is -0.116. The van der Waals surface area contributed by atoms with E-state index in [2.05, 4.69) is 16.0 Å². The van der Waals surface area contributed by atoms with Gasteiger partial charge in [-0.15, -0.1) is 11.8 Å². The first-order valence-electron chi connectivity index (χ1n) is 12.9. The van der Waals surface area contributed by atoms with Gasteiger partial charge in [0.2, 0.25) is 5.91 Å². The number of carbonyl (C=O) groups is 3. The molecule has 1 unspecified atom stereocenters. The molecular formula is C32H26Cl3N3O3S. The van der Waals surface area contributed by atoms with Crippen LogP contribution in [0.3, 0.4) is 0 Å². The Labute approximate surface area is 263 Å². The van der Waals surface area contributed by atoms with Crippen molar-refractivity contribution in [3.05, 3.63) is 129 Å². The lowest BCUT2D eigenvalue weighted by Crippen LogP contribution is -2.30. The normalized spacial score (nSPS) is 11.9. The summed E-state index contributed by atoms with van der Waals surface area (Å²) >= 11 is 19.4. The highest BCUT2D eigenvalue weighted by Gasteiger charge is 2.20. The van der Waals surface area contributed by atoms with Gasteiger partial charge in [-0.1, -0.05) is 78.1 Å². The highest BCUT2D eigenvalue weighted by atomic mass is 35.5. The topological polar surface area (TPSA) is 87.3 Å². The van der Waals surface area contributed by atoms with Crippen LogP contribution >= 0.6 is 46.6 Å². The molecule has 4 aromatic carbocycles. The first kappa shape index (κ1) is 31.2. The molecule has 0 aliphatic heterocycles. The van der Waals surface area contributed by atoms with Gasteiger partial charge in [-0.05, 0) is 78.7 Å². The van der Waals surface area contributed by atoms with E-state index in [0.29, 0.717) is 44.0 Å². The monoisotopic (exact) mass is 637 g/mol. The van der Waals surface area contributed by atoms with Crippen molar-refractivity contribution in [2.24, 2.45) is 0 Å². The largest absolute Gasteiger partial charge is 0.325 e. The third kappa shape index (κ3) is 8.87. The number of hydrogen-bond acceptors (Lipinski definition) is 4. The Balaban J connectivity index is 1.49. The number of benzene rings is 4. The molecule has 42 heavy (non-hydrogen) atoms. The van der Waals surface area contributed by atoms with Crippen molar-refractivity contribution < 1.29 is 14.4 Å². The van der Waals surface area contributed by atoms with E-state index in [1.807, 2.05) is 13.0 Å². The maximum atomic E-state index is 13.4. The summed E-state index contributed by atoms with van der Waals surface area (Å²) in [6.45, 7) is 1.92. The van der Waals surface area contributed by atoms with Crippen LogP contribution in [0.15, 0.2) is 108 Å². The molecule has 0 bridgehead atoms. The second-order valence-corrected chi connectivity index (χ2v) is 11.6. The van der Waals surface area contributed by atoms with E-state index in [9.17, 15) is 14.4 Å². The number of rotatable bonds is 10. The fourth-order valence-corrected chi connectivity index (χ4v) is 5.23. The molecule has 10 heteroatoms. The van der Waals surface area contributed by atoms with E-state index in [1.165, 1.54) is 11.8 Å². The Morgan fingerprint density at radius 2 is 1.50 bits per heavy atom. The number of amides is 3. The molecule has 0 heterocycles. The van der Waals surface area contributed by atoms with Gasteiger partial charge in [-0.3, -0.25) is 14.4 Å². The van der Waals surface area contributed by atoms with Crippen LogP contribution in [-0.4, -0.2) is 23.0 Å². The van der Waals surface area contributed by atoms with E-state index in [0.717, 1.165) is 4.90 Å². The Morgan fingerprint density at radius 1 is 0.786 bits per heavy atom. The van der Waals surface area contributed by atoms with Crippen molar-refractivity contribution in [3.8, 4) is 0 Å². The van der Waals surface area contributed by atoms with Crippen LogP contribution in [0, 0.1) is 0 Å². The smallest absolute Gasteiger partial charge is 0.272 e. The van der Waals surface area contributed by atoms with Crippen LogP contribution in [0.1, 0.15) is 29.3 Å². The number of nitrogens with one attached hydrogen (secondary N) is 3. The minimum absolute atomic E-state index is 0.0525. The summed E-state index contributed by atoms with van der Waals surface area (Å²) in [6.07, 6.45) is 2.14. The molecule has 1 atom stereocenters. The van der Waals surface area contributed by atoms with Crippen LogP contribution in [0.25, 0.3) is 6.08 Å². The first-order chi connectivity index (χ1) is 20.2. The van der Waals surface area contributed by atoms with Gasteiger partial charge >= 0.3 is 0 Å². The molecule has 3 N–H and O–H groups in total. The van der Waals surface area contributed by atoms with Crippen molar-refractivity contribution in [2.75, 3.05) is 10.6 Å². The van der Waals surface area contributed by atoms with Gasteiger partial charge in [0.05, 0.1) is 15.3 Å². The van der Waals surface area contributed by atoms with Crippen LogP contribution in [-0.2, 0) is 9.59 Å². The molecule has 4 rings (SSSR count). The summed E-state index contributed by atoms with van der Waals surface area (Å²) in [5.41, 5.74) is 2.20. The van der Waals surface area contributed by atoms with Crippen molar-refractivity contribution >= 4 is 81.7 Å². The minimum atomic E-state index is -0.513. The summed E-state index contributed by atoms with van der Waals surface area (Å²) in [6, 6.07) is 27.6. The lowest BCUT2D eigenvalue weighted by atomic mass is 10.1. The van der Waals surface area contributed by atoms with Crippen LogP contribution in [0.2, 0.25) is 15.1 Å². The molecule has 0 aromatic heterocycles. The van der Waals surface area contributed by atoms with E-state index in [-0.39, 0.29) is 11.6 Å². The molecule has 3 amide bonds. The molecule has 0 fully saturated rings. The molecule has 0 saturated carbocycles. The Kier molecular flexibility index (Phi) is 11.1. The van der Waals surface area contributed by atoms with Gasteiger partial charge in [0, 0.05) is 26.9 Å². The Bertz CT molecular complexity index is 1610. The zero-order valence-electron chi connectivity index (χ0n) is 22.4. The zero-order valence-corrected chi connectivity index (χ0v) is 25.5. The van der Waals surface area contributed by atoms with Crippen molar-refractivity contribution in [1.29, 1.82) is 0 Å². The van der Waals surface area contributed by atoms with E-state index >= 15 is 0 Å². The minimum Gasteiger partial charge on any atom is -0.325 e. The zero-order chi connectivity index (χ0) is 30.1. The van der Waals surface area contributed by atoms with Crippen LogP contribution < -0.4 is 16.0 Å². The maximum absolute atomic E-state index is 13.4. The Morgan fingerprint density at radius 3 is 2.19 bits per heavy atom. The van der Waals surface area contributed by atoms with Gasteiger partial charge in [-0.25, -0.2) is 0 Å². The summed E-state index contributed by atoms with van der Waals surface area (Å²) in [5, 5.41) is 9.35. The number of thioether (sulfide) groups is 1. The lowest BCUT2D eigenvalue weighted by Gasteiger charge is -2.16.